The largest absolute Gasteiger partial charge is 0.355 e. The first-order chi connectivity index (χ1) is 14.0. The molecular formula is C24H25N3OS. The minimum atomic E-state index is 0.0360. The second-order valence-electron chi connectivity index (χ2n) is 7.60. The number of rotatable bonds is 6. The van der Waals surface area contributed by atoms with E-state index in [0.29, 0.717) is 13.0 Å². The Balaban J connectivity index is 1.45. The quantitative estimate of drug-likeness (QED) is 0.484. The highest BCUT2D eigenvalue weighted by molar-refractivity contribution is 7.15. The molecule has 2 heterocycles. The fourth-order valence-corrected chi connectivity index (χ4v) is 4.26. The maximum Gasteiger partial charge on any atom is 0.226 e. The smallest absolute Gasteiger partial charge is 0.226 e. The van der Waals surface area contributed by atoms with Crippen molar-refractivity contribution in [2.24, 2.45) is 0 Å². The van der Waals surface area contributed by atoms with Gasteiger partial charge in [-0.15, -0.1) is 11.3 Å². The summed E-state index contributed by atoms with van der Waals surface area (Å²) in [6.45, 7) is 6.99. The van der Waals surface area contributed by atoms with Crippen molar-refractivity contribution in [3.05, 3.63) is 82.5 Å². The topological polar surface area (TPSA) is 46.4 Å². The molecular weight excluding hydrogens is 378 g/mol. The van der Waals surface area contributed by atoms with E-state index in [9.17, 15) is 4.79 Å². The van der Waals surface area contributed by atoms with E-state index < -0.39 is 0 Å². The summed E-state index contributed by atoms with van der Waals surface area (Å²) in [5, 5.41) is 5.09. The van der Waals surface area contributed by atoms with Gasteiger partial charge in [-0.25, -0.2) is 4.98 Å². The van der Waals surface area contributed by atoms with Crippen LogP contribution in [0.3, 0.4) is 0 Å². The minimum absolute atomic E-state index is 0.0360. The molecule has 0 spiro atoms. The van der Waals surface area contributed by atoms with Crippen molar-refractivity contribution in [1.29, 1.82) is 0 Å². The van der Waals surface area contributed by atoms with E-state index in [1.165, 1.54) is 16.7 Å². The van der Waals surface area contributed by atoms with Gasteiger partial charge in [0.15, 0.2) is 4.96 Å². The number of aromatic nitrogens is 2. The van der Waals surface area contributed by atoms with Gasteiger partial charge in [-0.2, -0.15) is 0 Å². The number of fused-ring (bicyclic) bond motifs is 1. The van der Waals surface area contributed by atoms with Crippen LogP contribution in [0.15, 0.2) is 60.1 Å². The molecule has 2 aromatic heterocycles. The third-order valence-electron chi connectivity index (χ3n) is 5.40. The molecule has 1 atom stereocenters. The molecule has 0 bridgehead atoms. The van der Waals surface area contributed by atoms with Crippen LogP contribution in [-0.2, 0) is 11.2 Å². The van der Waals surface area contributed by atoms with Gasteiger partial charge in [0, 0.05) is 29.4 Å². The zero-order chi connectivity index (χ0) is 20.4. The monoisotopic (exact) mass is 403 g/mol. The number of nitrogens with zero attached hydrogens (tertiary/aromatic N) is 2. The van der Waals surface area contributed by atoms with Gasteiger partial charge < -0.3 is 5.32 Å². The van der Waals surface area contributed by atoms with Gasteiger partial charge in [0.05, 0.1) is 12.1 Å². The number of thiazole rings is 1. The first-order valence-electron chi connectivity index (χ1n) is 9.86. The number of nitrogens with one attached hydrogen (secondary N) is 1. The standard InChI is InChI=1S/C24H25N3OS/c1-16-9-10-20(11-17(16)2)22-14-27-21(15-29-24(27)26-22)12-23(28)25-13-18(3)19-7-5-4-6-8-19/h4-11,14-15,18H,12-13H2,1-3H3,(H,25,28)/t18-/m0/s1. The molecule has 0 unspecified atom stereocenters. The maximum atomic E-state index is 12.5. The highest BCUT2D eigenvalue weighted by Crippen LogP contribution is 2.25. The molecule has 4 rings (SSSR count). The van der Waals surface area contributed by atoms with E-state index in [1.54, 1.807) is 11.3 Å². The average Bonchev–Trinajstić information content (AvgIpc) is 3.31. The van der Waals surface area contributed by atoms with E-state index in [-0.39, 0.29) is 11.8 Å². The second kappa shape index (κ2) is 8.21. The van der Waals surface area contributed by atoms with Gasteiger partial charge in [0.25, 0.3) is 0 Å². The summed E-state index contributed by atoms with van der Waals surface area (Å²) in [6.07, 6.45) is 2.38. The molecule has 0 saturated heterocycles. The summed E-state index contributed by atoms with van der Waals surface area (Å²) < 4.78 is 2.04. The Labute approximate surface area is 175 Å². The highest BCUT2D eigenvalue weighted by atomic mass is 32.1. The van der Waals surface area contributed by atoms with Crippen molar-refractivity contribution in [1.82, 2.24) is 14.7 Å². The summed E-state index contributed by atoms with van der Waals surface area (Å²) in [6, 6.07) is 16.7. The van der Waals surface area contributed by atoms with Crippen molar-refractivity contribution in [2.45, 2.75) is 33.1 Å². The number of amides is 1. The zero-order valence-electron chi connectivity index (χ0n) is 17.0. The summed E-state index contributed by atoms with van der Waals surface area (Å²) in [5.41, 5.74) is 6.79. The summed E-state index contributed by atoms with van der Waals surface area (Å²) in [7, 11) is 0. The Bertz CT molecular complexity index is 1140. The first kappa shape index (κ1) is 19.4. The van der Waals surface area contributed by atoms with E-state index in [1.807, 2.05) is 34.2 Å². The fraction of sp³-hybridized carbons (Fsp3) is 0.250. The lowest BCUT2D eigenvalue weighted by Crippen LogP contribution is -2.29. The van der Waals surface area contributed by atoms with Crippen molar-refractivity contribution in [3.63, 3.8) is 0 Å². The molecule has 29 heavy (non-hydrogen) atoms. The van der Waals surface area contributed by atoms with Crippen molar-refractivity contribution in [3.8, 4) is 11.3 Å². The van der Waals surface area contributed by atoms with E-state index in [0.717, 1.165) is 21.9 Å². The van der Waals surface area contributed by atoms with Gasteiger partial charge in [-0.1, -0.05) is 49.4 Å². The fourth-order valence-electron chi connectivity index (χ4n) is 3.39. The predicted octanol–water partition coefficient (Wildman–Crippen LogP) is 5.14. The maximum absolute atomic E-state index is 12.5. The van der Waals surface area contributed by atoms with Crippen molar-refractivity contribution < 1.29 is 4.79 Å². The molecule has 148 valence electrons. The molecule has 1 amide bonds. The minimum Gasteiger partial charge on any atom is -0.355 e. The number of imidazole rings is 1. The Morgan fingerprint density at radius 3 is 2.69 bits per heavy atom. The van der Waals surface area contributed by atoms with Crippen LogP contribution >= 0.6 is 11.3 Å². The van der Waals surface area contributed by atoms with Gasteiger partial charge >= 0.3 is 0 Å². The molecule has 4 nitrogen and oxygen atoms in total. The second-order valence-corrected chi connectivity index (χ2v) is 8.43. The molecule has 1 N–H and O–H groups in total. The van der Waals surface area contributed by atoms with Crippen molar-refractivity contribution in [2.75, 3.05) is 6.54 Å². The SMILES string of the molecule is Cc1ccc(-c2cn3c(CC(=O)NC[C@H](C)c4ccccc4)csc3n2)cc1C. The number of hydrogen-bond acceptors (Lipinski definition) is 3. The lowest BCUT2D eigenvalue weighted by molar-refractivity contribution is -0.120. The molecule has 0 fully saturated rings. The number of hydrogen-bond donors (Lipinski definition) is 1. The molecule has 0 aliphatic heterocycles. The Kier molecular flexibility index (Phi) is 5.49. The van der Waals surface area contributed by atoms with Gasteiger partial charge in [-0.3, -0.25) is 9.20 Å². The number of carbonyl (C=O) groups excluding carboxylic acids is 1. The molecule has 0 saturated carbocycles. The van der Waals surface area contributed by atoms with E-state index in [4.69, 9.17) is 4.98 Å². The lowest BCUT2D eigenvalue weighted by Gasteiger charge is -2.13. The van der Waals surface area contributed by atoms with E-state index >= 15 is 0 Å². The average molecular weight is 404 g/mol. The summed E-state index contributed by atoms with van der Waals surface area (Å²) in [5.74, 6) is 0.321. The predicted molar refractivity (Wildman–Crippen MR) is 120 cm³/mol. The van der Waals surface area contributed by atoms with Gasteiger partial charge in [-0.05, 0) is 42.5 Å². The Morgan fingerprint density at radius 1 is 1.14 bits per heavy atom. The number of aryl methyl sites for hydroxylation is 2. The van der Waals surface area contributed by atoms with Crippen LogP contribution in [0.2, 0.25) is 0 Å². The van der Waals surface area contributed by atoms with Crippen LogP contribution in [0.4, 0.5) is 0 Å². The Hall–Kier alpha value is -2.92. The summed E-state index contributed by atoms with van der Waals surface area (Å²) in [4.78, 5) is 18.2. The number of benzene rings is 2. The normalized spacial score (nSPS) is 12.2. The third-order valence-corrected chi connectivity index (χ3v) is 6.29. The Morgan fingerprint density at radius 2 is 1.93 bits per heavy atom. The lowest BCUT2D eigenvalue weighted by atomic mass is 10.0. The number of carbonyl (C=O) groups is 1. The van der Waals surface area contributed by atoms with Crippen LogP contribution < -0.4 is 5.32 Å². The van der Waals surface area contributed by atoms with Crippen LogP contribution in [0.5, 0.6) is 0 Å². The zero-order valence-corrected chi connectivity index (χ0v) is 17.8. The van der Waals surface area contributed by atoms with Crippen molar-refractivity contribution >= 4 is 22.2 Å². The van der Waals surface area contributed by atoms with Crippen LogP contribution in [0.1, 0.15) is 35.2 Å². The van der Waals surface area contributed by atoms with Crippen LogP contribution in [-0.4, -0.2) is 21.8 Å². The highest BCUT2D eigenvalue weighted by Gasteiger charge is 2.14. The van der Waals surface area contributed by atoms with Gasteiger partial charge in [0.1, 0.15) is 0 Å². The molecule has 0 aliphatic rings. The molecule has 0 radical (unpaired) electrons. The van der Waals surface area contributed by atoms with Gasteiger partial charge in [0.2, 0.25) is 5.91 Å². The third kappa shape index (κ3) is 4.25. The molecule has 4 aromatic rings. The molecule has 5 heteroatoms. The summed E-state index contributed by atoms with van der Waals surface area (Å²) >= 11 is 1.57. The molecule has 0 aliphatic carbocycles. The van der Waals surface area contributed by atoms with E-state index in [2.05, 4.69) is 56.4 Å². The first-order valence-corrected chi connectivity index (χ1v) is 10.7. The molecule has 2 aromatic carbocycles. The van der Waals surface area contributed by atoms with Crippen LogP contribution in [0.25, 0.3) is 16.2 Å². The van der Waals surface area contributed by atoms with Crippen LogP contribution in [0, 0.1) is 13.8 Å².